The molecule has 1 amide bonds. The van der Waals surface area contributed by atoms with E-state index in [1.807, 2.05) is 47.4 Å². The smallest absolute Gasteiger partial charge is 0.464 e. The summed E-state index contributed by atoms with van der Waals surface area (Å²) >= 11 is 0. The first-order chi connectivity index (χ1) is 17.7. The number of benzene rings is 3. The molecule has 3 aromatic rings. The van der Waals surface area contributed by atoms with E-state index in [4.69, 9.17) is 4.74 Å². The van der Waals surface area contributed by atoms with Gasteiger partial charge in [0.2, 0.25) is 0 Å². The number of hydrogen-bond donors (Lipinski definition) is 3. The molecule has 0 aliphatic rings. The summed E-state index contributed by atoms with van der Waals surface area (Å²) in [5.74, 6) is -3.15. The monoisotopic (exact) mass is 518 g/mol. The molecule has 0 aromatic heterocycles. The molecule has 10 heteroatoms. The van der Waals surface area contributed by atoms with Crippen LogP contribution in [0.1, 0.15) is 12.5 Å². The molecule has 0 radical (unpaired) electrons. The zero-order valence-electron chi connectivity index (χ0n) is 20.3. The van der Waals surface area contributed by atoms with Crippen molar-refractivity contribution in [3.8, 4) is 11.1 Å². The number of hydrogen-bond acceptors (Lipinski definition) is 6. The van der Waals surface area contributed by atoms with Gasteiger partial charge < -0.3 is 25.2 Å². The van der Waals surface area contributed by atoms with Crippen LogP contribution in [0.2, 0.25) is 0 Å². The summed E-state index contributed by atoms with van der Waals surface area (Å²) in [5, 5.41) is 22.4. The molecule has 0 aliphatic heterocycles. The van der Waals surface area contributed by atoms with Gasteiger partial charge in [-0.05, 0) is 41.1 Å². The summed E-state index contributed by atoms with van der Waals surface area (Å²) in [5.41, 5.74) is 3.04. The molecule has 0 spiro atoms. The Morgan fingerprint density at radius 3 is 2.30 bits per heavy atom. The number of aliphatic hydroxyl groups is 2. The van der Waals surface area contributed by atoms with Gasteiger partial charge in [-0.1, -0.05) is 48.5 Å². The predicted octanol–water partition coefficient (Wildman–Crippen LogP) is 3.45. The minimum absolute atomic E-state index is 0.0373. The number of esters is 1. The molecule has 198 valence electrons. The van der Waals surface area contributed by atoms with Crippen LogP contribution in [0.15, 0.2) is 60.7 Å². The number of amides is 1. The summed E-state index contributed by atoms with van der Waals surface area (Å²) in [6.07, 6.45) is -5.30. The van der Waals surface area contributed by atoms with Crippen molar-refractivity contribution in [2.45, 2.75) is 25.6 Å². The molecule has 0 saturated heterocycles. The Kier molecular flexibility index (Phi) is 9.48. The highest BCUT2D eigenvalue weighted by atomic mass is 19.4. The number of nitrogens with one attached hydrogen (secondary N) is 1. The molecule has 0 fully saturated rings. The van der Waals surface area contributed by atoms with Crippen LogP contribution in [0.25, 0.3) is 21.9 Å². The Balaban J connectivity index is 1.90. The summed E-state index contributed by atoms with van der Waals surface area (Å²) in [6, 6.07) is 17.0. The SMILES string of the molecule is CCOC(=O)[C@H](Cc1cccc(-c2ccc3c(N(CCO)CCO)cccc3c2)c1)NC(=O)C(F)(F)F. The lowest BCUT2D eigenvalue weighted by atomic mass is 9.97. The molecule has 0 saturated carbocycles. The normalized spacial score (nSPS) is 12.3. The summed E-state index contributed by atoms with van der Waals surface area (Å²) < 4.78 is 43.2. The van der Waals surface area contributed by atoms with Gasteiger partial charge in [0.15, 0.2) is 0 Å². The second-order valence-corrected chi connectivity index (χ2v) is 8.33. The highest BCUT2D eigenvalue weighted by Gasteiger charge is 2.41. The van der Waals surface area contributed by atoms with Crippen LogP contribution in [0.5, 0.6) is 0 Å². The molecule has 3 N–H and O–H groups in total. The molecule has 0 heterocycles. The maximum atomic E-state index is 12.8. The predicted molar refractivity (Wildman–Crippen MR) is 134 cm³/mol. The van der Waals surface area contributed by atoms with Crippen molar-refractivity contribution in [3.05, 3.63) is 66.2 Å². The molecule has 1 atom stereocenters. The number of rotatable bonds is 11. The van der Waals surface area contributed by atoms with Gasteiger partial charge in [-0.15, -0.1) is 0 Å². The molecule has 3 rings (SSSR count). The zero-order valence-corrected chi connectivity index (χ0v) is 20.3. The first kappa shape index (κ1) is 27.9. The van der Waals surface area contributed by atoms with Crippen molar-refractivity contribution in [3.63, 3.8) is 0 Å². The minimum atomic E-state index is -5.12. The van der Waals surface area contributed by atoms with Crippen molar-refractivity contribution in [1.29, 1.82) is 0 Å². The number of alkyl halides is 3. The number of carbonyl (C=O) groups excluding carboxylic acids is 2. The minimum Gasteiger partial charge on any atom is -0.464 e. The van der Waals surface area contributed by atoms with E-state index in [2.05, 4.69) is 0 Å². The number of halogens is 3. The second kappa shape index (κ2) is 12.6. The number of ether oxygens (including phenoxy) is 1. The van der Waals surface area contributed by atoms with Gasteiger partial charge in [0.1, 0.15) is 6.04 Å². The largest absolute Gasteiger partial charge is 0.471 e. The zero-order chi connectivity index (χ0) is 27.0. The summed E-state index contributed by atoms with van der Waals surface area (Å²) in [7, 11) is 0. The van der Waals surface area contributed by atoms with E-state index >= 15 is 0 Å². The van der Waals surface area contributed by atoms with Gasteiger partial charge in [-0.3, -0.25) is 4.79 Å². The molecule has 7 nitrogen and oxygen atoms in total. The Morgan fingerprint density at radius 1 is 0.973 bits per heavy atom. The van der Waals surface area contributed by atoms with E-state index in [0.29, 0.717) is 18.7 Å². The Labute approximate surface area is 212 Å². The third-order valence-electron chi connectivity index (χ3n) is 5.77. The van der Waals surface area contributed by atoms with Gasteiger partial charge >= 0.3 is 18.1 Å². The molecule has 37 heavy (non-hydrogen) atoms. The lowest BCUT2D eigenvalue weighted by Crippen LogP contribution is -2.48. The van der Waals surface area contributed by atoms with Gasteiger partial charge in [0.05, 0.1) is 19.8 Å². The lowest BCUT2D eigenvalue weighted by molar-refractivity contribution is -0.175. The van der Waals surface area contributed by atoms with E-state index in [1.54, 1.807) is 23.5 Å². The summed E-state index contributed by atoms with van der Waals surface area (Å²) in [6.45, 7) is 2.12. The van der Waals surface area contributed by atoms with Crippen LogP contribution >= 0.6 is 0 Å². The van der Waals surface area contributed by atoms with Crippen molar-refractivity contribution in [2.75, 3.05) is 37.8 Å². The van der Waals surface area contributed by atoms with E-state index in [1.165, 1.54) is 6.92 Å². The third kappa shape index (κ3) is 7.21. The van der Waals surface area contributed by atoms with Gasteiger partial charge in [-0.2, -0.15) is 13.2 Å². The second-order valence-electron chi connectivity index (χ2n) is 8.33. The Hall–Kier alpha value is -3.63. The number of anilines is 1. The molecule has 0 aliphatic carbocycles. The standard InChI is InChI=1S/C27H29F3N2O5/c1-2-37-25(35)23(31-26(36)27(28,29)30)16-18-5-3-6-19(15-18)20-9-10-22-21(17-20)7-4-8-24(22)32(11-13-33)12-14-34/h3-10,15,17,23,33-34H,2,11-14,16H2,1H3,(H,31,36)/t23-/m0/s1. The number of nitrogens with zero attached hydrogens (tertiary/aromatic N) is 1. The number of aliphatic hydroxyl groups excluding tert-OH is 2. The lowest BCUT2D eigenvalue weighted by Gasteiger charge is -2.24. The van der Waals surface area contributed by atoms with E-state index in [9.17, 15) is 33.0 Å². The third-order valence-corrected chi connectivity index (χ3v) is 5.77. The first-order valence-corrected chi connectivity index (χ1v) is 11.8. The van der Waals surface area contributed by atoms with Crippen LogP contribution < -0.4 is 10.2 Å². The Morgan fingerprint density at radius 2 is 1.65 bits per heavy atom. The number of carbonyl (C=O) groups is 2. The first-order valence-electron chi connectivity index (χ1n) is 11.8. The fourth-order valence-corrected chi connectivity index (χ4v) is 4.11. The molecule has 0 unspecified atom stereocenters. The van der Waals surface area contributed by atoms with E-state index in [0.717, 1.165) is 27.6 Å². The van der Waals surface area contributed by atoms with Crippen molar-refractivity contribution in [1.82, 2.24) is 5.32 Å². The summed E-state index contributed by atoms with van der Waals surface area (Å²) in [4.78, 5) is 25.6. The molecular formula is C27H29F3N2O5. The topological polar surface area (TPSA) is 99.1 Å². The fourth-order valence-electron chi connectivity index (χ4n) is 4.11. The molecule has 3 aromatic carbocycles. The average Bonchev–Trinajstić information content (AvgIpc) is 2.87. The van der Waals surface area contributed by atoms with Crippen LogP contribution in [0, 0.1) is 0 Å². The van der Waals surface area contributed by atoms with Crippen molar-refractivity contribution >= 4 is 28.3 Å². The van der Waals surface area contributed by atoms with Gasteiger partial charge in [0, 0.05) is 30.6 Å². The van der Waals surface area contributed by atoms with Crippen molar-refractivity contribution < 1.29 is 37.7 Å². The highest BCUT2D eigenvalue weighted by Crippen LogP contribution is 2.31. The van der Waals surface area contributed by atoms with Gasteiger partial charge in [-0.25, -0.2) is 4.79 Å². The maximum Gasteiger partial charge on any atom is 0.471 e. The Bertz CT molecular complexity index is 1230. The van der Waals surface area contributed by atoms with E-state index in [-0.39, 0.29) is 26.2 Å². The fraction of sp³-hybridized carbons (Fsp3) is 0.333. The van der Waals surface area contributed by atoms with Crippen LogP contribution in [0.4, 0.5) is 18.9 Å². The number of fused-ring (bicyclic) bond motifs is 1. The maximum absolute atomic E-state index is 12.8. The van der Waals surface area contributed by atoms with Crippen LogP contribution in [0.3, 0.4) is 0 Å². The van der Waals surface area contributed by atoms with E-state index < -0.39 is 24.1 Å². The molecular weight excluding hydrogens is 489 g/mol. The van der Waals surface area contributed by atoms with Crippen LogP contribution in [-0.4, -0.2) is 67.2 Å². The molecule has 0 bridgehead atoms. The average molecular weight is 519 g/mol. The van der Waals surface area contributed by atoms with Crippen LogP contribution in [-0.2, 0) is 20.7 Å². The highest BCUT2D eigenvalue weighted by molar-refractivity contribution is 5.97. The van der Waals surface area contributed by atoms with Crippen molar-refractivity contribution in [2.24, 2.45) is 0 Å². The quantitative estimate of drug-likeness (QED) is 0.337. The van der Waals surface area contributed by atoms with Gasteiger partial charge in [0.25, 0.3) is 0 Å².